The molecule has 2 aromatic rings. The van der Waals surface area contributed by atoms with Crippen molar-refractivity contribution >= 4 is 34.5 Å². The van der Waals surface area contributed by atoms with Crippen LogP contribution in [0.3, 0.4) is 0 Å². The lowest BCUT2D eigenvalue weighted by atomic mass is 10.2. The standard InChI is InChI=1S/C13H10O6S/c14-7(6-20)5-18-9-2-1-3-10-12(9)8(15)4-11(19-10)13(16)17/h1-4,6-7,14H,5H2,(H,16,17). The number of ether oxygens (including phenoxy) is 1. The van der Waals surface area contributed by atoms with E-state index in [9.17, 15) is 14.7 Å². The normalized spacial score (nSPS) is 12.1. The van der Waals surface area contributed by atoms with Crippen LogP contribution in [0.25, 0.3) is 11.0 Å². The van der Waals surface area contributed by atoms with Gasteiger partial charge in [-0.3, -0.25) is 4.79 Å². The molecule has 104 valence electrons. The highest BCUT2D eigenvalue weighted by Gasteiger charge is 2.14. The molecule has 0 saturated heterocycles. The average molecular weight is 294 g/mol. The molecular formula is C13H10O6S. The van der Waals surface area contributed by atoms with Crippen molar-refractivity contribution in [1.29, 1.82) is 0 Å². The Morgan fingerprint density at radius 1 is 1.50 bits per heavy atom. The van der Waals surface area contributed by atoms with Gasteiger partial charge in [0.25, 0.3) is 0 Å². The van der Waals surface area contributed by atoms with Crippen molar-refractivity contribution in [3.63, 3.8) is 0 Å². The van der Waals surface area contributed by atoms with E-state index in [2.05, 4.69) is 12.2 Å². The van der Waals surface area contributed by atoms with E-state index in [1.54, 1.807) is 6.07 Å². The molecule has 1 aromatic heterocycles. The average Bonchev–Trinajstić information content (AvgIpc) is 2.44. The topological polar surface area (TPSA) is 97.0 Å². The zero-order valence-electron chi connectivity index (χ0n) is 10.1. The summed E-state index contributed by atoms with van der Waals surface area (Å²) in [4.78, 5) is 22.8. The van der Waals surface area contributed by atoms with E-state index < -0.39 is 23.3 Å². The highest BCUT2D eigenvalue weighted by atomic mass is 32.1. The highest BCUT2D eigenvalue weighted by molar-refractivity contribution is 7.79. The fraction of sp³-hybridized carbons (Fsp3) is 0.154. The van der Waals surface area contributed by atoms with Gasteiger partial charge in [-0.1, -0.05) is 18.3 Å². The van der Waals surface area contributed by atoms with Gasteiger partial charge in [-0.2, -0.15) is 0 Å². The summed E-state index contributed by atoms with van der Waals surface area (Å²) in [7, 11) is 0. The minimum Gasteiger partial charge on any atom is -0.490 e. The predicted octanol–water partition coefficient (Wildman–Crippen LogP) is 1.23. The van der Waals surface area contributed by atoms with Crippen LogP contribution in [-0.4, -0.2) is 34.3 Å². The summed E-state index contributed by atoms with van der Waals surface area (Å²) in [6.45, 7) is -0.108. The first-order chi connectivity index (χ1) is 9.52. The molecule has 0 radical (unpaired) electrons. The number of benzene rings is 1. The monoisotopic (exact) mass is 294 g/mol. The Morgan fingerprint density at radius 2 is 2.25 bits per heavy atom. The lowest BCUT2D eigenvalue weighted by Crippen LogP contribution is -2.18. The number of fused-ring (bicyclic) bond motifs is 1. The van der Waals surface area contributed by atoms with E-state index in [1.165, 1.54) is 12.1 Å². The Hall–Kier alpha value is -2.25. The summed E-state index contributed by atoms with van der Waals surface area (Å²) in [6.07, 6.45) is -0.939. The van der Waals surface area contributed by atoms with Crippen molar-refractivity contribution in [1.82, 2.24) is 0 Å². The molecule has 20 heavy (non-hydrogen) atoms. The Labute approximate surface area is 118 Å². The molecule has 2 N–H and O–H groups in total. The molecule has 2 rings (SSSR count). The van der Waals surface area contributed by atoms with Gasteiger partial charge in [0.15, 0.2) is 5.43 Å². The third kappa shape index (κ3) is 2.84. The maximum atomic E-state index is 11.9. The Kier molecular flexibility index (Phi) is 4.11. The summed E-state index contributed by atoms with van der Waals surface area (Å²) in [5.41, 5.74) is -0.430. The van der Waals surface area contributed by atoms with Crippen LogP contribution >= 0.6 is 12.2 Å². The van der Waals surface area contributed by atoms with Gasteiger partial charge in [0, 0.05) is 11.4 Å². The first kappa shape index (κ1) is 14.2. The Balaban J connectivity index is 2.49. The maximum Gasteiger partial charge on any atom is 0.371 e. The lowest BCUT2D eigenvalue weighted by molar-refractivity contribution is 0.0663. The molecule has 1 unspecified atom stereocenters. The van der Waals surface area contributed by atoms with Crippen molar-refractivity contribution in [3.05, 3.63) is 40.2 Å². The molecule has 0 aliphatic rings. The molecule has 7 heteroatoms. The summed E-state index contributed by atoms with van der Waals surface area (Å²) in [5.74, 6) is -1.57. The van der Waals surface area contributed by atoms with Crippen LogP contribution in [0.5, 0.6) is 5.75 Å². The molecule has 0 fully saturated rings. The number of carbonyl (C=O) groups is 1. The van der Waals surface area contributed by atoms with E-state index in [0.29, 0.717) is 0 Å². The lowest BCUT2D eigenvalue weighted by Gasteiger charge is -2.10. The van der Waals surface area contributed by atoms with Crippen LogP contribution in [-0.2, 0) is 0 Å². The van der Waals surface area contributed by atoms with Crippen molar-refractivity contribution in [2.24, 2.45) is 0 Å². The minimum absolute atomic E-state index is 0.101. The molecule has 0 bridgehead atoms. The van der Waals surface area contributed by atoms with Crippen LogP contribution in [0.4, 0.5) is 0 Å². The summed E-state index contributed by atoms with van der Waals surface area (Å²) in [5, 5.41) is 19.4. The first-order valence-electron chi connectivity index (χ1n) is 5.59. The van der Waals surface area contributed by atoms with Crippen molar-refractivity contribution in [2.75, 3.05) is 6.61 Å². The molecule has 0 amide bonds. The summed E-state index contributed by atoms with van der Waals surface area (Å²) in [6, 6.07) is 5.42. The molecular weight excluding hydrogens is 284 g/mol. The smallest absolute Gasteiger partial charge is 0.371 e. The molecule has 0 saturated carbocycles. The van der Waals surface area contributed by atoms with E-state index in [1.807, 2.05) is 0 Å². The fourth-order valence-corrected chi connectivity index (χ4v) is 1.70. The van der Waals surface area contributed by atoms with Crippen molar-refractivity contribution < 1.29 is 24.2 Å². The molecule has 0 spiro atoms. The highest BCUT2D eigenvalue weighted by Crippen LogP contribution is 2.23. The number of hydrogen-bond donors (Lipinski definition) is 2. The fourth-order valence-electron chi connectivity index (χ4n) is 1.62. The minimum atomic E-state index is -1.33. The van der Waals surface area contributed by atoms with Crippen LogP contribution in [0.2, 0.25) is 0 Å². The van der Waals surface area contributed by atoms with Crippen LogP contribution in [0, 0.1) is 0 Å². The molecule has 1 aromatic carbocycles. The van der Waals surface area contributed by atoms with Gasteiger partial charge < -0.3 is 19.4 Å². The number of carboxylic acid groups (broad SMARTS) is 1. The van der Waals surface area contributed by atoms with Crippen molar-refractivity contribution in [2.45, 2.75) is 6.10 Å². The second kappa shape index (κ2) is 5.81. The molecule has 0 aliphatic carbocycles. The van der Waals surface area contributed by atoms with Crippen LogP contribution < -0.4 is 10.2 Å². The van der Waals surface area contributed by atoms with E-state index in [0.717, 1.165) is 11.4 Å². The number of thiocarbonyl (C=S) groups is 1. The zero-order chi connectivity index (χ0) is 14.7. The second-order valence-electron chi connectivity index (χ2n) is 3.92. The number of rotatable bonds is 5. The zero-order valence-corrected chi connectivity index (χ0v) is 10.9. The number of carboxylic acids is 1. The summed E-state index contributed by atoms with van der Waals surface area (Å²) < 4.78 is 10.4. The molecule has 6 nitrogen and oxygen atoms in total. The third-order valence-electron chi connectivity index (χ3n) is 2.49. The number of aliphatic hydroxyl groups excluding tert-OH is 1. The third-order valence-corrected chi connectivity index (χ3v) is 2.81. The largest absolute Gasteiger partial charge is 0.490 e. The second-order valence-corrected chi connectivity index (χ2v) is 4.20. The molecule has 0 aliphatic heterocycles. The van der Waals surface area contributed by atoms with Crippen LogP contribution in [0.1, 0.15) is 10.6 Å². The van der Waals surface area contributed by atoms with Gasteiger partial charge in [-0.25, -0.2) is 4.79 Å². The number of aliphatic hydroxyl groups is 1. The van der Waals surface area contributed by atoms with Crippen LogP contribution in [0.15, 0.2) is 33.5 Å². The van der Waals surface area contributed by atoms with Gasteiger partial charge in [-0.05, 0) is 12.1 Å². The first-order valence-corrected chi connectivity index (χ1v) is 6.06. The number of aromatic carboxylic acids is 1. The van der Waals surface area contributed by atoms with Gasteiger partial charge in [0.2, 0.25) is 5.76 Å². The quantitative estimate of drug-likeness (QED) is 0.800. The summed E-state index contributed by atoms with van der Waals surface area (Å²) >= 11 is 4.56. The van der Waals surface area contributed by atoms with Gasteiger partial charge in [0.1, 0.15) is 29.4 Å². The number of hydrogen-bond acceptors (Lipinski definition) is 6. The van der Waals surface area contributed by atoms with Gasteiger partial charge >= 0.3 is 5.97 Å². The van der Waals surface area contributed by atoms with Gasteiger partial charge in [0.05, 0.1) is 0 Å². The van der Waals surface area contributed by atoms with Gasteiger partial charge in [-0.15, -0.1) is 0 Å². The van der Waals surface area contributed by atoms with E-state index in [4.69, 9.17) is 14.3 Å². The van der Waals surface area contributed by atoms with E-state index in [-0.39, 0.29) is 23.3 Å². The predicted molar refractivity (Wildman–Crippen MR) is 74.6 cm³/mol. The van der Waals surface area contributed by atoms with Crippen molar-refractivity contribution in [3.8, 4) is 5.75 Å². The Morgan fingerprint density at radius 3 is 2.90 bits per heavy atom. The molecule has 1 atom stereocenters. The maximum absolute atomic E-state index is 11.9. The van der Waals surface area contributed by atoms with E-state index >= 15 is 0 Å². The molecule has 1 heterocycles. The SMILES string of the molecule is O=C(O)c1cc(=O)c2c(OCC(O)C=S)cccc2o1. The Bertz CT molecular complexity index is 720.